The van der Waals surface area contributed by atoms with Gasteiger partial charge in [-0.15, -0.1) is 0 Å². The van der Waals surface area contributed by atoms with Crippen LogP contribution in [-0.2, 0) is 11.3 Å². The van der Waals surface area contributed by atoms with Gasteiger partial charge in [0, 0.05) is 57.4 Å². The van der Waals surface area contributed by atoms with Crippen LogP contribution in [0.4, 0.5) is 5.82 Å². The van der Waals surface area contributed by atoms with Crippen LogP contribution in [0, 0.1) is 0 Å². The van der Waals surface area contributed by atoms with Gasteiger partial charge in [-0.25, -0.2) is 9.97 Å². The summed E-state index contributed by atoms with van der Waals surface area (Å²) in [6.07, 6.45) is 1.57. The van der Waals surface area contributed by atoms with Gasteiger partial charge in [-0.2, -0.15) is 0 Å². The smallest absolute Gasteiger partial charge is 0.252 e. The summed E-state index contributed by atoms with van der Waals surface area (Å²) < 4.78 is 6.07. The molecular weight excluding hydrogens is 406 g/mol. The summed E-state index contributed by atoms with van der Waals surface area (Å²) in [5.74, 6) is 0.736. The number of carbonyl (C=O) groups excluding carboxylic acids is 1. The van der Waals surface area contributed by atoms with Crippen LogP contribution >= 0.6 is 0 Å². The Labute approximate surface area is 187 Å². The molecule has 0 saturated carbocycles. The first-order valence-corrected chi connectivity index (χ1v) is 10.8. The first-order valence-electron chi connectivity index (χ1n) is 10.8. The zero-order chi connectivity index (χ0) is 22.5. The van der Waals surface area contributed by atoms with Gasteiger partial charge in [0.2, 0.25) is 0 Å². The molecule has 168 valence electrons. The van der Waals surface area contributed by atoms with Gasteiger partial charge in [0.25, 0.3) is 5.91 Å². The number of aliphatic hydroxyl groups is 1. The molecule has 8 nitrogen and oxygen atoms in total. The summed E-state index contributed by atoms with van der Waals surface area (Å²) in [6, 6.07) is 13.5. The third kappa shape index (κ3) is 4.88. The third-order valence-electron chi connectivity index (χ3n) is 5.54. The van der Waals surface area contributed by atoms with Crippen LogP contribution < -0.4 is 10.2 Å². The van der Waals surface area contributed by atoms with Crippen LogP contribution in [-0.4, -0.2) is 72.8 Å². The first-order chi connectivity index (χ1) is 15.6. The predicted octanol–water partition coefficient (Wildman–Crippen LogP) is 1.99. The van der Waals surface area contributed by atoms with Crippen molar-refractivity contribution in [3.8, 4) is 0 Å². The van der Waals surface area contributed by atoms with Gasteiger partial charge in [-0.1, -0.05) is 24.3 Å². The van der Waals surface area contributed by atoms with Crippen molar-refractivity contribution in [2.45, 2.75) is 12.6 Å². The van der Waals surface area contributed by atoms with E-state index in [1.165, 1.54) is 0 Å². The lowest BCUT2D eigenvalue weighted by atomic mass is 10.0. The number of carbonyl (C=O) groups is 1. The summed E-state index contributed by atoms with van der Waals surface area (Å²) in [4.78, 5) is 26.4. The molecular formula is C24H29N5O3. The first kappa shape index (κ1) is 22.1. The van der Waals surface area contributed by atoms with Gasteiger partial charge in [0.05, 0.1) is 30.0 Å². The van der Waals surface area contributed by atoms with E-state index in [-0.39, 0.29) is 25.2 Å². The average Bonchev–Trinajstić information content (AvgIpc) is 2.82. The lowest BCUT2D eigenvalue weighted by Crippen LogP contribution is -2.38. The van der Waals surface area contributed by atoms with E-state index < -0.39 is 0 Å². The van der Waals surface area contributed by atoms with Gasteiger partial charge in [0.15, 0.2) is 0 Å². The monoisotopic (exact) mass is 435 g/mol. The molecule has 1 aliphatic rings. The fourth-order valence-corrected chi connectivity index (χ4v) is 4.04. The Morgan fingerprint density at radius 2 is 2.12 bits per heavy atom. The molecule has 0 spiro atoms. The number of hydrogen-bond donors (Lipinski definition) is 2. The molecule has 8 heteroatoms. The quantitative estimate of drug-likeness (QED) is 0.587. The maximum Gasteiger partial charge on any atom is 0.252 e. The second kappa shape index (κ2) is 10.0. The minimum Gasteiger partial charge on any atom is -0.395 e. The van der Waals surface area contributed by atoms with Gasteiger partial charge >= 0.3 is 0 Å². The number of nitrogens with one attached hydrogen (secondary N) is 1. The molecule has 2 aromatic heterocycles. The molecule has 0 radical (unpaired) electrons. The van der Waals surface area contributed by atoms with Crippen LogP contribution in [0.25, 0.3) is 10.9 Å². The van der Waals surface area contributed by atoms with Gasteiger partial charge in [0.1, 0.15) is 11.9 Å². The Bertz CT molecular complexity index is 1090. The molecule has 1 atom stereocenters. The minimum absolute atomic E-state index is 0.106. The number of para-hydroxylation sites is 1. The van der Waals surface area contributed by atoms with Crippen molar-refractivity contribution in [1.82, 2.24) is 20.2 Å². The number of pyridine rings is 2. The Balaban J connectivity index is 1.59. The summed E-state index contributed by atoms with van der Waals surface area (Å²) in [5, 5.41) is 12.6. The van der Waals surface area contributed by atoms with E-state index in [4.69, 9.17) is 14.8 Å². The summed E-state index contributed by atoms with van der Waals surface area (Å²) in [6.45, 7) is 2.94. The van der Waals surface area contributed by atoms with Crippen LogP contribution in [0.5, 0.6) is 0 Å². The summed E-state index contributed by atoms with van der Waals surface area (Å²) in [5.41, 5.74) is 3.19. The van der Waals surface area contributed by atoms with Crippen molar-refractivity contribution in [2.24, 2.45) is 0 Å². The van der Waals surface area contributed by atoms with Crippen LogP contribution in [0.3, 0.4) is 0 Å². The number of ether oxygens (including phenoxy) is 1. The second-order valence-corrected chi connectivity index (χ2v) is 8.07. The fraction of sp³-hybridized carbons (Fsp3) is 0.375. The molecule has 1 saturated heterocycles. The molecule has 0 bridgehead atoms. The Morgan fingerprint density at radius 3 is 2.94 bits per heavy atom. The van der Waals surface area contributed by atoms with E-state index in [2.05, 4.69) is 21.3 Å². The second-order valence-electron chi connectivity index (χ2n) is 8.07. The molecule has 1 aliphatic heterocycles. The molecule has 4 rings (SSSR count). The van der Waals surface area contributed by atoms with E-state index in [1.54, 1.807) is 0 Å². The van der Waals surface area contributed by atoms with Crippen molar-refractivity contribution in [2.75, 3.05) is 51.8 Å². The number of benzene rings is 1. The van der Waals surface area contributed by atoms with E-state index in [0.29, 0.717) is 18.7 Å². The normalized spacial score (nSPS) is 16.8. The number of anilines is 1. The number of nitrogens with zero attached hydrogens (tertiary/aromatic N) is 4. The Hall–Kier alpha value is -3.07. The third-order valence-corrected chi connectivity index (χ3v) is 5.54. The van der Waals surface area contributed by atoms with Crippen molar-refractivity contribution in [3.05, 3.63) is 65.5 Å². The topological polar surface area (TPSA) is 90.8 Å². The summed E-state index contributed by atoms with van der Waals surface area (Å²) in [7, 11) is 3.99. The van der Waals surface area contributed by atoms with Crippen molar-refractivity contribution in [1.29, 1.82) is 0 Å². The molecule has 0 unspecified atom stereocenters. The van der Waals surface area contributed by atoms with Crippen molar-refractivity contribution >= 4 is 22.6 Å². The summed E-state index contributed by atoms with van der Waals surface area (Å²) >= 11 is 0. The number of rotatable bonds is 7. The van der Waals surface area contributed by atoms with Crippen LogP contribution in [0.1, 0.15) is 27.7 Å². The molecule has 1 amide bonds. The lowest BCUT2D eigenvalue weighted by molar-refractivity contribution is -0.0348. The largest absolute Gasteiger partial charge is 0.395 e. The molecule has 3 heterocycles. The number of fused-ring (bicyclic) bond motifs is 1. The Morgan fingerprint density at radius 1 is 1.28 bits per heavy atom. The lowest BCUT2D eigenvalue weighted by Gasteiger charge is -2.33. The number of hydrogen-bond acceptors (Lipinski definition) is 7. The SMILES string of the molecule is CN(C)c1ncccc1CN1CCO[C@H](c2cc(C(=O)NCCO)c3ccccc3n2)C1. The van der Waals surface area contributed by atoms with Gasteiger partial charge in [-0.05, 0) is 18.2 Å². The number of morpholine rings is 1. The van der Waals surface area contributed by atoms with E-state index in [9.17, 15) is 4.79 Å². The van der Waals surface area contributed by atoms with E-state index >= 15 is 0 Å². The average molecular weight is 436 g/mol. The Kier molecular flexibility index (Phi) is 6.94. The van der Waals surface area contributed by atoms with Gasteiger partial charge < -0.3 is 20.1 Å². The highest BCUT2D eigenvalue weighted by atomic mass is 16.5. The van der Waals surface area contributed by atoms with E-state index in [0.717, 1.165) is 41.1 Å². The molecule has 1 aromatic carbocycles. The zero-order valence-corrected chi connectivity index (χ0v) is 18.5. The molecule has 32 heavy (non-hydrogen) atoms. The molecule has 2 N–H and O–H groups in total. The standard InChI is InChI=1S/C24H29N5O3/c1-28(2)23-17(6-5-9-25-23)15-29-11-13-32-22(16-29)21-14-19(24(31)26-10-12-30)18-7-3-4-8-20(18)27-21/h3-9,14,22,30H,10-13,15-16H2,1-2H3,(H,26,31)/t22-/m0/s1. The number of aliphatic hydroxyl groups excluding tert-OH is 1. The molecule has 1 fully saturated rings. The van der Waals surface area contributed by atoms with Crippen LogP contribution in [0.2, 0.25) is 0 Å². The predicted molar refractivity (Wildman–Crippen MR) is 124 cm³/mol. The highest BCUT2D eigenvalue weighted by molar-refractivity contribution is 6.06. The minimum atomic E-state index is -0.239. The van der Waals surface area contributed by atoms with Crippen molar-refractivity contribution in [3.63, 3.8) is 0 Å². The number of aromatic nitrogens is 2. The highest BCUT2D eigenvalue weighted by Gasteiger charge is 2.26. The molecule has 0 aliphatic carbocycles. The maximum absolute atomic E-state index is 12.7. The fourth-order valence-electron chi connectivity index (χ4n) is 4.04. The van der Waals surface area contributed by atoms with Gasteiger partial charge in [-0.3, -0.25) is 9.69 Å². The van der Waals surface area contributed by atoms with Crippen LogP contribution in [0.15, 0.2) is 48.7 Å². The number of amides is 1. The zero-order valence-electron chi connectivity index (χ0n) is 18.5. The highest BCUT2D eigenvalue weighted by Crippen LogP contribution is 2.27. The maximum atomic E-state index is 12.7. The molecule has 3 aromatic rings. The van der Waals surface area contributed by atoms with E-state index in [1.807, 2.05) is 61.6 Å². The van der Waals surface area contributed by atoms with Crippen molar-refractivity contribution < 1.29 is 14.6 Å².